The van der Waals surface area contributed by atoms with Gasteiger partial charge in [0, 0.05) is 18.8 Å². The molecule has 3 nitrogen and oxygen atoms in total. The summed E-state index contributed by atoms with van der Waals surface area (Å²) < 4.78 is 0. The maximum Gasteiger partial charge on any atom is 0.303 e. The van der Waals surface area contributed by atoms with Gasteiger partial charge in [-0.3, -0.25) is 9.59 Å². The van der Waals surface area contributed by atoms with Crippen molar-refractivity contribution in [2.45, 2.75) is 64.2 Å². The van der Waals surface area contributed by atoms with E-state index in [0.29, 0.717) is 23.5 Å². The molecule has 0 spiro atoms. The first-order valence-corrected chi connectivity index (χ1v) is 10.6. The molecule has 3 rings (SSSR count). The summed E-state index contributed by atoms with van der Waals surface area (Å²) in [6.07, 6.45) is 14.0. The molecule has 0 heterocycles. The number of rotatable bonds is 12. The van der Waals surface area contributed by atoms with Crippen molar-refractivity contribution in [1.82, 2.24) is 0 Å². The van der Waals surface area contributed by atoms with Crippen LogP contribution in [-0.2, 0) is 16.0 Å². The molecule has 0 saturated heterocycles. The number of unbranched alkanes of at least 4 members (excludes halogenated alkanes) is 4. The van der Waals surface area contributed by atoms with Gasteiger partial charge in [0.1, 0.15) is 5.78 Å². The summed E-state index contributed by atoms with van der Waals surface area (Å²) >= 11 is 0. The van der Waals surface area contributed by atoms with Crippen LogP contribution in [0.4, 0.5) is 0 Å². The van der Waals surface area contributed by atoms with Gasteiger partial charge in [0.05, 0.1) is 0 Å². The maximum atomic E-state index is 12.2. The lowest BCUT2D eigenvalue weighted by atomic mass is 9.92. The van der Waals surface area contributed by atoms with E-state index < -0.39 is 5.97 Å². The maximum absolute atomic E-state index is 12.2. The van der Waals surface area contributed by atoms with E-state index in [4.69, 9.17) is 5.11 Å². The molecule has 27 heavy (non-hydrogen) atoms. The molecule has 1 N–H and O–H groups in total. The van der Waals surface area contributed by atoms with Crippen molar-refractivity contribution >= 4 is 11.8 Å². The number of fused-ring (bicyclic) bond motifs is 1. The summed E-state index contributed by atoms with van der Waals surface area (Å²) in [4.78, 5) is 22.7. The number of allylic oxidation sites excluding steroid dienone is 2. The first kappa shape index (κ1) is 19.9. The minimum absolute atomic E-state index is 0.268. The number of carbonyl (C=O) groups is 2. The highest BCUT2D eigenvalue weighted by Gasteiger charge is 2.59. The molecular weight excluding hydrogens is 336 g/mol. The highest BCUT2D eigenvalue weighted by molar-refractivity contribution is 5.85. The van der Waals surface area contributed by atoms with Crippen molar-refractivity contribution in [3.05, 3.63) is 48.0 Å². The van der Waals surface area contributed by atoms with Crippen LogP contribution in [-0.4, -0.2) is 16.9 Å². The van der Waals surface area contributed by atoms with Crippen LogP contribution in [0.15, 0.2) is 42.5 Å². The number of ketones is 1. The van der Waals surface area contributed by atoms with Gasteiger partial charge in [-0.1, -0.05) is 61.7 Å². The average molecular weight is 369 g/mol. The van der Waals surface area contributed by atoms with Gasteiger partial charge >= 0.3 is 5.97 Å². The van der Waals surface area contributed by atoms with Crippen LogP contribution in [0.2, 0.25) is 0 Å². The molecule has 1 aromatic rings. The largest absolute Gasteiger partial charge is 0.481 e. The summed E-state index contributed by atoms with van der Waals surface area (Å²) in [6, 6.07) is 10.6. The monoisotopic (exact) mass is 368 g/mol. The summed E-state index contributed by atoms with van der Waals surface area (Å²) in [5.74, 6) is 1.89. The SMILES string of the molecule is O=C(O)CCCCCCC1C(=O)CC2C(C=CCCCc3ccccc3)C12. The fraction of sp³-hybridized carbons (Fsp3) is 0.583. The number of carboxylic acids is 1. The Morgan fingerprint density at radius 1 is 1.07 bits per heavy atom. The van der Waals surface area contributed by atoms with Crippen LogP contribution in [0.1, 0.15) is 63.4 Å². The average Bonchev–Trinajstić information content (AvgIpc) is 3.21. The van der Waals surface area contributed by atoms with E-state index in [1.807, 2.05) is 0 Å². The third-order valence-corrected chi connectivity index (χ3v) is 6.30. The molecule has 4 atom stereocenters. The minimum Gasteiger partial charge on any atom is -0.481 e. The summed E-state index contributed by atoms with van der Waals surface area (Å²) in [6.45, 7) is 0. The number of aliphatic carboxylic acids is 1. The molecule has 2 saturated carbocycles. The zero-order chi connectivity index (χ0) is 19.1. The van der Waals surface area contributed by atoms with Crippen molar-refractivity contribution in [2.75, 3.05) is 0 Å². The Morgan fingerprint density at radius 2 is 1.85 bits per heavy atom. The van der Waals surface area contributed by atoms with Gasteiger partial charge in [-0.25, -0.2) is 0 Å². The molecule has 0 aromatic heterocycles. The van der Waals surface area contributed by atoms with Gasteiger partial charge in [-0.2, -0.15) is 0 Å². The molecule has 2 aliphatic carbocycles. The number of hydrogen-bond acceptors (Lipinski definition) is 2. The fourth-order valence-electron chi connectivity index (χ4n) is 4.81. The van der Waals surface area contributed by atoms with Gasteiger partial charge in [-0.15, -0.1) is 0 Å². The minimum atomic E-state index is -0.708. The standard InChI is InChI=1S/C24H32O3/c25-22-17-21-19(14-9-4-7-13-18-11-5-3-6-12-18)24(21)20(22)15-8-1-2-10-16-23(26)27/h3,5-6,9,11-12,14,19-21,24H,1-2,4,7-8,10,13,15-17H2,(H,26,27). The highest BCUT2D eigenvalue weighted by Crippen LogP contribution is 2.60. The summed E-state index contributed by atoms with van der Waals surface area (Å²) in [5, 5.41) is 8.66. The molecule has 0 radical (unpaired) electrons. The van der Waals surface area contributed by atoms with E-state index in [1.54, 1.807) is 0 Å². The zero-order valence-corrected chi connectivity index (χ0v) is 16.2. The lowest BCUT2D eigenvalue weighted by Crippen LogP contribution is -2.13. The molecule has 0 amide bonds. The normalized spacial score (nSPS) is 26.4. The van der Waals surface area contributed by atoms with Gasteiger partial charge in [-0.05, 0) is 55.4 Å². The molecule has 146 valence electrons. The topological polar surface area (TPSA) is 54.4 Å². The van der Waals surface area contributed by atoms with Crippen LogP contribution < -0.4 is 0 Å². The molecule has 2 fully saturated rings. The number of hydrogen-bond donors (Lipinski definition) is 1. The highest BCUT2D eigenvalue weighted by atomic mass is 16.4. The predicted octanol–water partition coefficient (Wildman–Crippen LogP) is 5.44. The van der Waals surface area contributed by atoms with E-state index in [9.17, 15) is 9.59 Å². The molecule has 2 aliphatic rings. The van der Waals surface area contributed by atoms with E-state index in [2.05, 4.69) is 42.5 Å². The fourth-order valence-corrected chi connectivity index (χ4v) is 4.81. The summed E-state index contributed by atoms with van der Waals surface area (Å²) in [7, 11) is 0. The first-order valence-electron chi connectivity index (χ1n) is 10.6. The number of benzene rings is 1. The van der Waals surface area contributed by atoms with Crippen molar-refractivity contribution in [1.29, 1.82) is 0 Å². The molecule has 4 unspecified atom stereocenters. The Hall–Kier alpha value is -1.90. The van der Waals surface area contributed by atoms with Gasteiger partial charge in [0.15, 0.2) is 0 Å². The number of aryl methyl sites for hydroxylation is 1. The molecule has 1 aromatic carbocycles. The quantitative estimate of drug-likeness (QED) is 0.395. The van der Waals surface area contributed by atoms with E-state index >= 15 is 0 Å². The third-order valence-electron chi connectivity index (χ3n) is 6.30. The second-order valence-corrected chi connectivity index (χ2v) is 8.25. The second kappa shape index (κ2) is 9.87. The van der Waals surface area contributed by atoms with Gasteiger partial charge in [0.25, 0.3) is 0 Å². The lowest BCUT2D eigenvalue weighted by molar-refractivity contribution is -0.137. The second-order valence-electron chi connectivity index (χ2n) is 8.25. The van der Waals surface area contributed by atoms with Crippen LogP contribution in [0.5, 0.6) is 0 Å². The van der Waals surface area contributed by atoms with Crippen molar-refractivity contribution in [3.63, 3.8) is 0 Å². The lowest BCUT2D eigenvalue weighted by Gasteiger charge is -2.12. The van der Waals surface area contributed by atoms with Crippen molar-refractivity contribution in [2.24, 2.45) is 23.7 Å². The number of carboxylic acid groups (broad SMARTS) is 1. The molecular formula is C24H32O3. The third kappa shape index (κ3) is 5.79. The van der Waals surface area contributed by atoms with Gasteiger partial charge < -0.3 is 5.11 Å². The van der Waals surface area contributed by atoms with Crippen LogP contribution in [0, 0.1) is 23.7 Å². The van der Waals surface area contributed by atoms with Crippen LogP contribution >= 0.6 is 0 Å². The van der Waals surface area contributed by atoms with Crippen LogP contribution in [0.3, 0.4) is 0 Å². The molecule has 3 heteroatoms. The van der Waals surface area contributed by atoms with Crippen LogP contribution in [0.25, 0.3) is 0 Å². The zero-order valence-electron chi connectivity index (χ0n) is 16.2. The summed E-state index contributed by atoms with van der Waals surface area (Å²) in [5.41, 5.74) is 1.41. The predicted molar refractivity (Wildman–Crippen MR) is 107 cm³/mol. The Labute approximate surface area is 162 Å². The van der Waals surface area contributed by atoms with E-state index in [0.717, 1.165) is 51.4 Å². The Bertz CT molecular complexity index is 649. The van der Waals surface area contributed by atoms with Crippen molar-refractivity contribution in [3.8, 4) is 0 Å². The number of carbonyl (C=O) groups excluding carboxylic acids is 1. The smallest absolute Gasteiger partial charge is 0.303 e. The van der Waals surface area contributed by atoms with Crippen molar-refractivity contribution < 1.29 is 14.7 Å². The Kier molecular flexibility index (Phi) is 7.25. The Balaban J connectivity index is 1.31. The van der Waals surface area contributed by atoms with E-state index in [-0.39, 0.29) is 12.3 Å². The first-order chi connectivity index (χ1) is 13.2. The van der Waals surface area contributed by atoms with E-state index in [1.165, 1.54) is 12.0 Å². The van der Waals surface area contributed by atoms with Gasteiger partial charge in [0.2, 0.25) is 0 Å². The molecule has 0 aliphatic heterocycles. The number of Topliss-reactive ketones (excluding diaryl/α,β-unsaturated/α-hetero) is 1. The molecule has 0 bridgehead atoms. The Morgan fingerprint density at radius 3 is 2.63 bits per heavy atom.